The van der Waals surface area contributed by atoms with Crippen molar-refractivity contribution in [2.45, 2.75) is 19.8 Å². The Morgan fingerprint density at radius 1 is 0.947 bits per heavy atom. The van der Waals surface area contributed by atoms with E-state index < -0.39 is 20.2 Å². The van der Waals surface area contributed by atoms with Crippen molar-refractivity contribution in [1.82, 2.24) is 12.9 Å². The fraction of sp³-hybridized carbons (Fsp3) is 1.00. The van der Waals surface area contributed by atoms with Gasteiger partial charge in [-0.15, -0.1) is 0 Å². The maximum Gasteiger partial charge on any atom is 0.281 e. The lowest BCUT2D eigenvalue weighted by atomic mass is 10.4. The Hall–Kier alpha value is -0.220. The summed E-state index contributed by atoms with van der Waals surface area (Å²) in [5.41, 5.74) is 0. The first-order chi connectivity index (χ1) is 8.71. The summed E-state index contributed by atoms with van der Waals surface area (Å²) in [5, 5.41) is 0. The van der Waals surface area contributed by atoms with E-state index in [4.69, 9.17) is 0 Å². The lowest BCUT2D eigenvalue weighted by molar-refractivity contribution is 0.262. The summed E-state index contributed by atoms with van der Waals surface area (Å²) in [6, 6.07) is 0. The molecule has 1 aliphatic heterocycles. The molecule has 1 saturated heterocycles. The molecule has 0 bridgehead atoms. The normalized spacial score (nSPS) is 20.0. The lowest BCUT2D eigenvalue weighted by Crippen LogP contribution is -2.53. The van der Waals surface area contributed by atoms with Crippen LogP contribution in [0.2, 0.25) is 0 Å². The number of sulfonamides is 1. The van der Waals surface area contributed by atoms with Crippen LogP contribution >= 0.6 is 0 Å². The van der Waals surface area contributed by atoms with E-state index >= 15 is 0 Å². The van der Waals surface area contributed by atoms with Gasteiger partial charge in [-0.25, -0.2) is 8.42 Å². The molecule has 0 N–H and O–H groups in total. The van der Waals surface area contributed by atoms with Crippen LogP contribution in [0.4, 0.5) is 0 Å². The zero-order chi connectivity index (χ0) is 14.7. The third kappa shape index (κ3) is 4.12. The van der Waals surface area contributed by atoms with Gasteiger partial charge in [0.05, 0.1) is 5.75 Å². The first-order valence-corrected chi connectivity index (χ1v) is 9.38. The number of hydrogen-bond donors (Lipinski definition) is 0. The minimum atomic E-state index is -3.44. The number of nitrogens with zero attached hydrogens (tertiary/aromatic N) is 3. The highest BCUT2D eigenvalue weighted by Gasteiger charge is 2.32. The van der Waals surface area contributed by atoms with Crippen LogP contribution in [-0.2, 0) is 20.2 Å². The average Bonchev–Trinajstić information content (AvgIpc) is 2.36. The number of rotatable bonds is 6. The van der Waals surface area contributed by atoms with Crippen molar-refractivity contribution in [2.24, 2.45) is 0 Å². The topological polar surface area (TPSA) is 78.0 Å². The van der Waals surface area contributed by atoms with Crippen LogP contribution in [0.1, 0.15) is 19.8 Å². The van der Waals surface area contributed by atoms with Gasteiger partial charge in [0.15, 0.2) is 0 Å². The molecule has 0 spiro atoms. The molecule has 0 atom stereocenters. The molecule has 1 fully saturated rings. The van der Waals surface area contributed by atoms with Crippen molar-refractivity contribution in [3.05, 3.63) is 0 Å². The van der Waals surface area contributed by atoms with Gasteiger partial charge in [-0.05, 0) is 6.42 Å². The fourth-order valence-corrected chi connectivity index (χ4v) is 4.58. The second-order valence-electron chi connectivity index (χ2n) is 4.76. The Labute approximate surface area is 116 Å². The van der Waals surface area contributed by atoms with E-state index in [0.717, 1.165) is 10.7 Å². The largest absolute Gasteiger partial charge is 0.281 e. The van der Waals surface area contributed by atoms with Gasteiger partial charge in [-0.2, -0.15) is 21.3 Å². The van der Waals surface area contributed by atoms with Crippen molar-refractivity contribution >= 4 is 20.2 Å². The molecule has 1 heterocycles. The molecular weight excluding hydrogens is 290 g/mol. The molecule has 0 unspecified atom stereocenters. The van der Waals surface area contributed by atoms with E-state index in [1.54, 1.807) is 0 Å². The highest BCUT2D eigenvalue weighted by molar-refractivity contribution is 7.89. The van der Waals surface area contributed by atoms with Gasteiger partial charge in [0.25, 0.3) is 10.2 Å². The van der Waals surface area contributed by atoms with E-state index in [0.29, 0.717) is 6.42 Å². The Balaban J connectivity index is 2.63. The number of hydrogen-bond acceptors (Lipinski definition) is 4. The highest BCUT2D eigenvalue weighted by atomic mass is 32.2. The molecule has 0 aromatic carbocycles. The third-order valence-electron chi connectivity index (χ3n) is 3.13. The average molecular weight is 313 g/mol. The van der Waals surface area contributed by atoms with Crippen molar-refractivity contribution in [1.29, 1.82) is 0 Å². The first-order valence-electron chi connectivity index (χ1n) is 6.37. The van der Waals surface area contributed by atoms with Crippen LogP contribution in [0.25, 0.3) is 0 Å². The Morgan fingerprint density at radius 3 is 1.84 bits per heavy atom. The van der Waals surface area contributed by atoms with Crippen LogP contribution in [0.15, 0.2) is 0 Å². The van der Waals surface area contributed by atoms with E-state index in [1.807, 2.05) is 6.92 Å². The van der Waals surface area contributed by atoms with Gasteiger partial charge in [0, 0.05) is 40.3 Å². The van der Waals surface area contributed by atoms with Crippen LogP contribution < -0.4 is 0 Å². The van der Waals surface area contributed by atoms with Crippen LogP contribution in [0.3, 0.4) is 0 Å². The Morgan fingerprint density at radius 2 is 1.42 bits per heavy atom. The number of unbranched alkanes of at least 4 members (excludes halogenated alkanes) is 1. The summed E-state index contributed by atoms with van der Waals surface area (Å²) < 4.78 is 51.6. The van der Waals surface area contributed by atoms with Crippen molar-refractivity contribution in [3.8, 4) is 0 Å². The Bertz CT molecular complexity index is 479. The van der Waals surface area contributed by atoms with Gasteiger partial charge >= 0.3 is 0 Å². The minimum absolute atomic E-state index is 0.143. The molecule has 9 heteroatoms. The molecule has 0 aliphatic carbocycles. The Kier molecular flexibility index (Phi) is 5.75. The van der Waals surface area contributed by atoms with Gasteiger partial charge in [-0.1, -0.05) is 13.3 Å². The monoisotopic (exact) mass is 313 g/mol. The molecule has 7 nitrogen and oxygen atoms in total. The van der Waals surface area contributed by atoms with E-state index in [1.165, 1.54) is 22.7 Å². The first kappa shape index (κ1) is 16.8. The summed E-state index contributed by atoms with van der Waals surface area (Å²) in [5.74, 6) is 0.143. The third-order valence-corrected chi connectivity index (χ3v) is 7.03. The molecule has 1 aliphatic rings. The second-order valence-corrected chi connectivity index (χ2v) is 8.99. The fourth-order valence-electron chi connectivity index (χ4n) is 1.87. The van der Waals surface area contributed by atoms with Crippen molar-refractivity contribution in [2.75, 3.05) is 46.0 Å². The van der Waals surface area contributed by atoms with E-state index in [2.05, 4.69) is 0 Å². The molecule has 0 radical (unpaired) electrons. The predicted octanol–water partition coefficient (Wildman–Crippen LogP) is -0.460. The summed E-state index contributed by atoms with van der Waals surface area (Å²) >= 11 is 0. The molecule has 0 saturated carbocycles. The standard InChI is InChI=1S/C10H23N3O4S2/c1-4-5-10-18(14,15)12-6-8-13(9-7-12)19(16,17)11(2)3/h4-10H2,1-3H3. The second kappa shape index (κ2) is 6.49. The zero-order valence-electron chi connectivity index (χ0n) is 11.7. The smallest absolute Gasteiger partial charge is 0.212 e. The molecule has 114 valence electrons. The zero-order valence-corrected chi connectivity index (χ0v) is 13.4. The quantitative estimate of drug-likeness (QED) is 0.665. The van der Waals surface area contributed by atoms with Crippen LogP contribution in [-0.4, -0.2) is 75.8 Å². The summed E-state index contributed by atoms with van der Waals surface area (Å²) in [4.78, 5) is 0. The summed E-state index contributed by atoms with van der Waals surface area (Å²) in [7, 11) is -3.73. The van der Waals surface area contributed by atoms with Gasteiger partial charge in [0.1, 0.15) is 0 Å². The lowest BCUT2D eigenvalue weighted by Gasteiger charge is -2.34. The van der Waals surface area contributed by atoms with Crippen LogP contribution in [0.5, 0.6) is 0 Å². The van der Waals surface area contributed by atoms with Gasteiger partial charge in [0.2, 0.25) is 10.0 Å². The van der Waals surface area contributed by atoms with Crippen LogP contribution in [0, 0.1) is 0 Å². The number of piperazine rings is 1. The minimum Gasteiger partial charge on any atom is -0.212 e. The molecule has 1 rings (SSSR count). The summed E-state index contributed by atoms with van der Waals surface area (Å²) in [6.07, 6.45) is 1.47. The molecule has 0 aromatic heterocycles. The van der Waals surface area contributed by atoms with Gasteiger partial charge < -0.3 is 0 Å². The van der Waals surface area contributed by atoms with E-state index in [9.17, 15) is 16.8 Å². The predicted molar refractivity (Wildman–Crippen MR) is 74.4 cm³/mol. The molecule has 0 aromatic rings. The molecule has 19 heavy (non-hydrogen) atoms. The molecular formula is C10H23N3O4S2. The SMILES string of the molecule is CCCCS(=O)(=O)N1CCN(S(=O)(=O)N(C)C)CC1. The summed E-state index contributed by atoms with van der Waals surface area (Å²) in [6.45, 7) is 2.84. The van der Waals surface area contributed by atoms with E-state index in [-0.39, 0.29) is 31.9 Å². The maximum absolute atomic E-state index is 12.0. The van der Waals surface area contributed by atoms with Crippen molar-refractivity contribution < 1.29 is 16.8 Å². The maximum atomic E-state index is 12.0. The van der Waals surface area contributed by atoms with Gasteiger partial charge in [-0.3, -0.25) is 0 Å². The molecule has 0 amide bonds. The highest BCUT2D eigenvalue weighted by Crippen LogP contribution is 2.13. The van der Waals surface area contributed by atoms with Crippen molar-refractivity contribution in [3.63, 3.8) is 0 Å².